The van der Waals surface area contributed by atoms with Crippen LogP contribution in [0.25, 0.3) is 0 Å². The van der Waals surface area contributed by atoms with Gasteiger partial charge in [-0.15, -0.1) is 0 Å². The van der Waals surface area contributed by atoms with Gasteiger partial charge in [-0.1, -0.05) is 37.6 Å². The summed E-state index contributed by atoms with van der Waals surface area (Å²) in [4.78, 5) is 0. The monoisotopic (exact) mass is 290 g/mol. The van der Waals surface area contributed by atoms with Gasteiger partial charge in [-0.05, 0) is 53.8 Å². The van der Waals surface area contributed by atoms with Gasteiger partial charge < -0.3 is 9.84 Å². The van der Waals surface area contributed by atoms with Crippen LogP contribution >= 0.6 is 11.6 Å². The Labute approximate surface area is 125 Å². The Hall–Kier alpha value is -1.51. The molecule has 2 rings (SSSR count). The average Bonchev–Trinajstić information content (AvgIpc) is 2.38. The number of rotatable bonds is 4. The van der Waals surface area contributed by atoms with E-state index in [4.69, 9.17) is 21.4 Å². The third kappa shape index (κ3) is 3.33. The van der Waals surface area contributed by atoms with Crippen LogP contribution in [0, 0.1) is 6.92 Å². The lowest BCUT2D eigenvalue weighted by atomic mass is 9.98. The summed E-state index contributed by atoms with van der Waals surface area (Å²) in [7, 11) is 0. The van der Waals surface area contributed by atoms with Gasteiger partial charge in [0, 0.05) is 5.02 Å². The summed E-state index contributed by atoms with van der Waals surface area (Å²) in [6, 6.07) is 11.4. The zero-order valence-electron chi connectivity index (χ0n) is 12.0. The van der Waals surface area contributed by atoms with Crippen LogP contribution in [0.1, 0.15) is 36.5 Å². The van der Waals surface area contributed by atoms with Gasteiger partial charge in [0.05, 0.1) is 6.61 Å². The molecular weight excluding hydrogens is 272 g/mol. The Morgan fingerprint density at radius 3 is 2.30 bits per heavy atom. The predicted molar refractivity (Wildman–Crippen MR) is 82.7 cm³/mol. The van der Waals surface area contributed by atoms with Crippen LogP contribution in [-0.4, -0.2) is 5.11 Å². The fourth-order valence-corrected chi connectivity index (χ4v) is 2.45. The molecule has 0 radical (unpaired) electrons. The van der Waals surface area contributed by atoms with E-state index in [9.17, 15) is 0 Å². The molecule has 0 fully saturated rings. The SMILES string of the molecule is Cc1cc(Oc2ccc(CO)c(Cl)c2)ccc1C(C)C. The summed E-state index contributed by atoms with van der Waals surface area (Å²) in [5.74, 6) is 1.96. The van der Waals surface area contributed by atoms with Crippen molar-refractivity contribution < 1.29 is 9.84 Å². The van der Waals surface area contributed by atoms with E-state index in [-0.39, 0.29) is 6.61 Å². The molecule has 0 aromatic heterocycles. The van der Waals surface area contributed by atoms with Crippen LogP contribution in [-0.2, 0) is 6.61 Å². The van der Waals surface area contributed by atoms with Crippen molar-refractivity contribution in [2.45, 2.75) is 33.3 Å². The molecule has 3 heteroatoms. The molecule has 20 heavy (non-hydrogen) atoms. The number of aliphatic hydroxyl groups is 1. The first-order chi connectivity index (χ1) is 9.51. The second-order valence-corrected chi connectivity index (χ2v) is 5.59. The summed E-state index contributed by atoms with van der Waals surface area (Å²) in [6.07, 6.45) is 0. The smallest absolute Gasteiger partial charge is 0.128 e. The summed E-state index contributed by atoms with van der Waals surface area (Å²) >= 11 is 6.05. The number of hydrogen-bond donors (Lipinski definition) is 1. The van der Waals surface area contributed by atoms with Crippen molar-refractivity contribution in [1.29, 1.82) is 0 Å². The molecule has 0 aliphatic rings. The molecule has 1 N–H and O–H groups in total. The van der Waals surface area contributed by atoms with E-state index < -0.39 is 0 Å². The molecule has 0 atom stereocenters. The van der Waals surface area contributed by atoms with Gasteiger partial charge in [-0.2, -0.15) is 0 Å². The molecule has 0 bridgehead atoms. The van der Waals surface area contributed by atoms with Crippen LogP contribution < -0.4 is 4.74 Å². The number of halogens is 1. The number of aryl methyl sites for hydroxylation is 1. The molecule has 0 saturated heterocycles. The van der Waals surface area contributed by atoms with Crippen LogP contribution in [0.15, 0.2) is 36.4 Å². The summed E-state index contributed by atoms with van der Waals surface area (Å²) < 4.78 is 5.81. The molecular formula is C17H19ClO2. The number of hydrogen-bond acceptors (Lipinski definition) is 2. The maximum atomic E-state index is 9.09. The average molecular weight is 291 g/mol. The Bertz CT molecular complexity index is 606. The minimum Gasteiger partial charge on any atom is -0.457 e. The zero-order valence-corrected chi connectivity index (χ0v) is 12.7. The lowest BCUT2D eigenvalue weighted by Crippen LogP contribution is -1.93. The maximum absolute atomic E-state index is 9.09. The fourth-order valence-electron chi connectivity index (χ4n) is 2.22. The van der Waals surface area contributed by atoms with Gasteiger partial charge in [-0.3, -0.25) is 0 Å². The third-order valence-corrected chi connectivity index (χ3v) is 3.65. The van der Waals surface area contributed by atoms with Gasteiger partial charge in [0.15, 0.2) is 0 Å². The molecule has 0 heterocycles. The first-order valence-corrected chi connectivity index (χ1v) is 7.06. The molecule has 2 aromatic rings. The zero-order chi connectivity index (χ0) is 14.7. The van der Waals surface area contributed by atoms with Crippen LogP contribution in [0.4, 0.5) is 0 Å². The van der Waals surface area contributed by atoms with Crippen molar-refractivity contribution in [2.24, 2.45) is 0 Å². The van der Waals surface area contributed by atoms with Gasteiger partial charge in [0.1, 0.15) is 11.5 Å². The van der Waals surface area contributed by atoms with Crippen molar-refractivity contribution in [3.63, 3.8) is 0 Å². The first-order valence-electron chi connectivity index (χ1n) is 6.69. The van der Waals surface area contributed by atoms with Crippen molar-refractivity contribution in [3.05, 3.63) is 58.1 Å². The largest absolute Gasteiger partial charge is 0.457 e. The highest BCUT2D eigenvalue weighted by molar-refractivity contribution is 6.31. The molecule has 0 aliphatic carbocycles. The van der Waals surface area contributed by atoms with Crippen molar-refractivity contribution in [3.8, 4) is 11.5 Å². The van der Waals surface area contributed by atoms with Crippen molar-refractivity contribution in [1.82, 2.24) is 0 Å². The Balaban J connectivity index is 2.22. The molecule has 0 amide bonds. The van der Waals surface area contributed by atoms with Gasteiger partial charge in [0.25, 0.3) is 0 Å². The molecule has 0 aliphatic heterocycles. The van der Waals surface area contributed by atoms with Crippen LogP contribution in [0.5, 0.6) is 11.5 Å². The van der Waals surface area contributed by atoms with E-state index in [0.29, 0.717) is 22.3 Å². The second kappa shape index (κ2) is 6.29. The summed E-state index contributed by atoms with van der Waals surface area (Å²) in [5, 5.41) is 9.61. The quantitative estimate of drug-likeness (QED) is 0.853. The third-order valence-electron chi connectivity index (χ3n) is 3.29. The highest BCUT2D eigenvalue weighted by Gasteiger charge is 2.07. The van der Waals surface area contributed by atoms with E-state index in [0.717, 1.165) is 5.75 Å². The lowest BCUT2D eigenvalue weighted by molar-refractivity contribution is 0.282. The van der Waals surface area contributed by atoms with Gasteiger partial charge >= 0.3 is 0 Å². The van der Waals surface area contributed by atoms with E-state index in [1.54, 1.807) is 12.1 Å². The first kappa shape index (κ1) is 14.9. The van der Waals surface area contributed by atoms with Crippen LogP contribution in [0.3, 0.4) is 0 Å². The summed E-state index contributed by atoms with van der Waals surface area (Å²) in [6.45, 7) is 6.37. The van der Waals surface area contributed by atoms with E-state index in [2.05, 4.69) is 26.8 Å². The summed E-state index contributed by atoms with van der Waals surface area (Å²) in [5.41, 5.74) is 3.24. The highest BCUT2D eigenvalue weighted by Crippen LogP contribution is 2.29. The molecule has 106 valence electrons. The van der Waals surface area contributed by atoms with E-state index >= 15 is 0 Å². The Morgan fingerprint density at radius 2 is 1.75 bits per heavy atom. The number of benzene rings is 2. The van der Waals surface area contributed by atoms with Crippen molar-refractivity contribution in [2.75, 3.05) is 0 Å². The van der Waals surface area contributed by atoms with E-state index in [1.807, 2.05) is 18.2 Å². The Morgan fingerprint density at radius 1 is 1.10 bits per heavy atom. The molecule has 0 spiro atoms. The lowest BCUT2D eigenvalue weighted by Gasteiger charge is -2.13. The molecule has 0 saturated carbocycles. The minimum absolute atomic E-state index is 0.0681. The standard InChI is InChI=1S/C17H19ClO2/c1-11(2)16-7-6-14(8-12(16)3)20-15-5-4-13(10-19)17(18)9-15/h4-9,11,19H,10H2,1-3H3. The number of ether oxygens (including phenoxy) is 1. The van der Waals surface area contributed by atoms with Gasteiger partial charge in [-0.25, -0.2) is 0 Å². The second-order valence-electron chi connectivity index (χ2n) is 5.19. The molecule has 2 nitrogen and oxygen atoms in total. The molecule has 0 unspecified atom stereocenters. The van der Waals surface area contributed by atoms with Crippen molar-refractivity contribution >= 4 is 11.6 Å². The fraction of sp³-hybridized carbons (Fsp3) is 0.294. The maximum Gasteiger partial charge on any atom is 0.128 e. The minimum atomic E-state index is -0.0681. The van der Waals surface area contributed by atoms with Gasteiger partial charge in [0.2, 0.25) is 0 Å². The molecule has 2 aromatic carbocycles. The predicted octanol–water partition coefficient (Wildman–Crippen LogP) is 5.06. The Kier molecular flexibility index (Phi) is 4.69. The highest BCUT2D eigenvalue weighted by atomic mass is 35.5. The van der Waals surface area contributed by atoms with Crippen LogP contribution in [0.2, 0.25) is 5.02 Å². The van der Waals surface area contributed by atoms with E-state index in [1.165, 1.54) is 11.1 Å². The number of aliphatic hydroxyl groups excluding tert-OH is 1. The normalized spacial score (nSPS) is 10.9. The topological polar surface area (TPSA) is 29.5 Å².